The smallest absolute Gasteiger partial charge is 0.268 e. The zero-order valence-electron chi connectivity index (χ0n) is 20.4. The van der Waals surface area contributed by atoms with Crippen LogP contribution in [0.15, 0.2) is 83.0 Å². The van der Waals surface area contributed by atoms with Gasteiger partial charge in [0.1, 0.15) is 6.33 Å². The summed E-state index contributed by atoms with van der Waals surface area (Å²) in [6.45, 7) is 1.82. The summed E-state index contributed by atoms with van der Waals surface area (Å²) >= 11 is 0. The number of hydrogen-bond donors (Lipinski definition) is 0. The minimum Gasteiger partial charge on any atom is -0.342 e. The summed E-state index contributed by atoms with van der Waals surface area (Å²) in [6, 6.07) is 16.7. The number of sulfonamides is 1. The quantitative estimate of drug-likeness (QED) is 0.454. The number of rotatable bonds is 7. The van der Waals surface area contributed by atoms with E-state index in [4.69, 9.17) is 0 Å². The summed E-state index contributed by atoms with van der Waals surface area (Å²) in [7, 11) is -7.26. The molecule has 1 amide bonds. The van der Waals surface area contributed by atoms with Crippen LogP contribution in [0.2, 0.25) is 0 Å². The maximum Gasteiger partial charge on any atom is 0.268 e. The van der Waals surface area contributed by atoms with Crippen molar-refractivity contribution in [2.45, 2.75) is 35.5 Å². The maximum atomic E-state index is 13.1. The Hall–Kier alpha value is -3.02. The summed E-state index contributed by atoms with van der Waals surface area (Å²) in [5.41, 5.74) is 0.592. The molecule has 0 spiro atoms. The van der Waals surface area contributed by atoms with Gasteiger partial charge in [-0.15, -0.1) is 0 Å². The summed E-state index contributed by atoms with van der Waals surface area (Å²) < 4.78 is 54.4. The van der Waals surface area contributed by atoms with Gasteiger partial charge < -0.3 is 4.90 Å². The summed E-state index contributed by atoms with van der Waals surface area (Å²) in [5.74, 6) is 0.342. The molecule has 0 aliphatic carbocycles. The van der Waals surface area contributed by atoms with Gasteiger partial charge in [-0.1, -0.05) is 36.4 Å². The van der Waals surface area contributed by atoms with E-state index in [2.05, 4.69) is 4.98 Å². The lowest BCUT2D eigenvalue weighted by Crippen LogP contribution is -2.43. The average molecular weight is 543 g/mol. The van der Waals surface area contributed by atoms with Crippen LogP contribution in [0.3, 0.4) is 0 Å². The third kappa shape index (κ3) is 5.34. The molecule has 3 heterocycles. The van der Waals surface area contributed by atoms with Crippen LogP contribution in [0, 0.1) is 11.8 Å². The second-order valence-corrected chi connectivity index (χ2v) is 13.4. The van der Waals surface area contributed by atoms with Crippen LogP contribution in [0.5, 0.6) is 0 Å². The first-order valence-electron chi connectivity index (χ1n) is 12.4. The lowest BCUT2D eigenvalue weighted by molar-refractivity contribution is -0.131. The molecular formula is C26H30N4O5S2. The third-order valence-corrected chi connectivity index (χ3v) is 10.9. The average Bonchev–Trinajstić information content (AvgIpc) is 3.34. The molecule has 2 aliphatic heterocycles. The number of amides is 1. The van der Waals surface area contributed by atoms with Gasteiger partial charge in [0, 0.05) is 45.2 Å². The molecule has 0 bridgehead atoms. The Kier molecular flexibility index (Phi) is 7.19. The molecule has 5 rings (SSSR count). The number of nitrogens with zero attached hydrogens (tertiary/aromatic N) is 4. The number of benzene rings is 2. The molecule has 2 fully saturated rings. The molecule has 2 aliphatic rings. The second-order valence-electron chi connectivity index (χ2n) is 9.62. The van der Waals surface area contributed by atoms with Crippen molar-refractivity contribution in [1.82, 2.24) is 18.2 Å². The van der Waals surface area contributed by atoms with Gasteiger partial charge in [-0.2, -0.15) is 4.31 Å². The Morgan fingerprint density at radius 1 is 0.811 bits per heavy atom. The molecule has 0 saturated carbocycles. The molecule has 0 radical (unpaired) electrons. The minimum absolute atomic E-state index is 0.0585. The standard InChI is InChI=1S/C26H30N4O5S2/c31-26-17-21-12-16-29(36(32,33)24-7-3-1-4-8-24)18-22(21)11-14-28(26)15-13-23-19-30(20-27-23)37(34,35)25-9-5-2-6-10-25/h1-10,19-22H,11-18H2/t21-,22-/m0/s1. The van der Waals surface area contributed by atoms with E-state index in [9.17, 15) is 21.6 Å². The van der Waals surface area contributed by atoms with Crippen LogP contribution < -0.4 is 0 Å². The highest BCUT2D eigenvalue weighted by Gasteiger charge is 2.38. The fourth-order valence-corrected chi connectivity index (χ4v) is 7.92. The van der Waals surface area contributed by atoms with Crippen molar-refractivity contribution in [3.8, 4) is 0 Å². The van der Waals surface area contributed by atoms with E-state index in [-0.39, 0.29) is 22.6 Å². The zero-order chi connectivity index (χ0) is 26.0. The SMILES string of the molecule is O=C1C[C@@H]2CCN(S(=O)(=O)c3ccccc3)C[C@@H]2CCN1CCc1cn(S(=O)(=O)c2ccccc2)cn1. The first-order valence-corrected chi connectivity index (χ1v) is 15.3. The molecular weight excluding hydrogens is 512 g/mol. The summed E-state index contributed by atoms with van der Waals surface area (Å²) in [6.07, 6.45) is 5.02. The van der Waals surface area contributed by atoms with Crippen molar-refractivity contribution < 1.29 is 21.6 Å². The molecule has 2 saturated heterocycles. The van der Waals surface area contributed by atoms with Crippen LogP contribution in [0.4, 0.5) is 0 Å². The molecule has 2 atom stereocenters. The Bertz CT molecular complexity index is 1460. The first kappa shape index (κ1) is 25.6. The van der Waals surface area contributed by atoms with Crippen molar-refractivity contribution in [2.24, 2.45) is 11.8 Å². The number of carbonyl (C=O) groups excluding carboxylic acids is 1. The van der Waals surface area contributed by atoms with Crippen molar-refractivity contribution >= 4 is 26.0 Å². The molecule has 37 heavy (non-hydrogen) atoms. The number of fused-ring (bicyclic) bond motifs is 1. The predicted octanol–water partition coefficient (Wildman–Crippen LogP) is 2.61. The molecule has 0 N–H and O–H groups in total. The van der Waals surface area contributed by atoms with Crippen LogP contribution in [0.1, 0.15) is 25.0 Å². The largest absolute Gasteiger partial charge is 0.342 e. The molecule has 1 aromatic heterocycles. The Morgan fingerprint density at radius 2 is 1.43 bits per heavy atom. The fraction of sp³-hybridized carbons (Fsp3) is 0.385. The minimum atomic E-state index is -3.71. The van der Waals surface area contributed by atoms with E-state index in [1.54, 1.807) is 57.7 Å². The van der Waals surface area contributed by atoms with E-state index < -0.39 is 20.0 Å². The molecule has 3 aromatic rings. The summed E-state index contributed by atoms with van der Waals surface area (Å²) in [4.78, 5) is 19.6. The van der Waals surface area contributed by atoms with E-state index in [0.717, 1.165) is 10.4 Å². The van der Waals surface area contributed by atoms with Crippen LogP contribution in [-0.4, -0.2) is 67.1 Å². The van der Waals surface area contributed by atoms with Gasteiger partial charge in [0.25, 0.3) is 10.0 Å². The molecule has 9 nitrogen and oxygen atoms in total. The number of carbonyl (C=O) groups is 1. The van der Waals surface area contributed by atoms with Crippen molar-refractivity contribution in [2.75, 3.05) is 26.2 Å². The van der Waals surface area contributed by atoms with Crippen molar-refractivity contribution in [3.63, 3.8) is 0 Å². The van der Waals surface area contributed by atoms with Crippen LogP contribution in [0.25, 0.3) is 0 Å². The highest BCUT2D eigenvalue weighted by molar-refractivity contribution is 7.90. The highest BCUT2D eigenvalue weighted by atomic mass is 32.2. The van der Waals surface area contributed by atoms with Crippen molar-refractivity contribution in [3.05, 3.63) is 78.9 Å². The van der Waals surface area contributed by atoms with Crippen LogP contribution in [-0.2, 0) is 31.3 Å². The van der Waals surface area contributed by atoms with Crippen LogP contribution >= 0.6 is 0 Å². The van der Waals surface area contributed by atoms with E-state index in [0.29, 0.717) is 56.0 Å². The zero-order valence-corrected chi connectivity index (χ0v) is 22.0. The van der Waals surface area contributed by atoms with Gasteiger partial charge in [-0.05, 0) is 48.9 Å². The maximum absolute atomic E-state index is 13.1. The van der Waals surface area contributed by atoms with Gasteiger partial charge in [0.2, 0.25) is 15.9 Å². The molecule has 196 valence electrons. The normalized spacial score (nSPS) is 21.4. The second kappa shape index (κ2) is 10.4. The number of likely N-dealkylation sites (tertiary alicyclic amines) is 1. The van der Waals surface area contributed by atoms with E-state index in [1.807, 2.05) is 0 Å². The number of imidazole rings is 1. The molecule has 0 unspecified atom stereocenters. The molecule has 2 aromatic carbocycles. The fourth-order valence-electron chi connectivity index (χ4n) is 5.21. The Morgan fingerprint density at radius 3 is 2.11 bits per heavy atom. The lowest BCUT2D eigenvalue weighted by atomic mass is 9.83. The van der Waals surface area contributed by atoms with Gasteiger partial charge in [0.15, 0.2) is 0 Å². The Labute approximate surface area is 217 Å². The molecule has 11 heteroatoms. The van der Waals surface area contributed by atoms with Gasteiger partial charge in [-0.25, -0.2) is 25.8 Å². The number of piperidine rings is 1. The Balaban J connectivity index is 1.21. The lowest BCUT2D eigenvalue weighted by Gasteiger charge is -2.36. The first-order chi connectivity index (χ1) is 17.7. The predicted molar refractivity (Wildman–Crippen MR) is 138 cm³/mol. The van der Waals surface area contributed by atoms with Gasteiger partial charge in [0.05, 0.1) is 15.5 Å². The number of hydrogen-bond acceptors (Lipinski definition) is 6. The van der Waals surface area contributed by atoms with E-state index >= 15 is 0 Å². The van der Waals surface area contributed by atoms with Crippen molar-refractivity contribution in [1.29, 1.82) is 0 Å². The highest BCUT2D eigenvalue weighted by Crippen LogP contribution is 2.34. The van der Waals surface area contributed by atoms with E-state index in [1.165, 1.54) is 24.7 Å². The summed E-state index contributed by atoms with van der Waals surface area (Å²) in [5, 5.41) is 0. The topological polar surface area (TPSA) is 110 Å². The van der Waals surface area contributed by atoms with Gasteiger partial charge in [-0.3, -0.25) is 4.79 Å². The monoisotopic (exact) mass is 542 g/mol. The number of aromatic nitrogens is 2. The van der Waals surface area contributed by atoms with Gasteiger partial charge >= 0.3 is 0 Å². The third-order valence-electron chi connectivity index (χ3n) is 7.36.